The van der Waals surface area contributed by atoms with Crippen LogP contribution >= 0.6 is 15.9 Å². The highest BCUT2D eigenvalue weighted by Crippen LogP contribution is 2.23. The van der Waals surface area contributed by atoms with Gasteiger partial charge in [0.1, 0.15) is 0 Å². The van der Waals surface area contributed by atoms with Gasteiger partial charge < -0.3 is 10.2 Å². The number of aromatic amines is 1. The Kier molecular flexibility index (Phi) is 3.29. The number of nitrogens with zero attached hydrogens (tertiary/aromatic N) is 1. The maximum Gasteiger partial charge on any atom is 0.0543 e. The minimum absolute atomic E-state index is 0.754. The summed E-state index contributed by atoms with van der Waals surface area (Å²) < 4.78 is 1.08. The molecule has 3 nitrogen and oxygen atoms in total. The highest BCUT2D eigenvalue weighted by Gasteiger charge is 2.04. The third-order valence-corrected chi connectivity index (χ3v) is 3.15. The zero-order chi connectivity index (χ0) is 11.5. The molecule has 1 aromatic heterocycles. The predicted octanol–water partition coefficient (Wildman–Crippen LogP) is 3.71. The van der Waals surface area contributed by atoms with Gasteiger partial charge in [0.05, 0.1) is 5.71 Å². The maximum absolute atomic E-state index is 8.59. The van der Waals surface area contributed by atoms with E-state index in [0.29, 0.717) is 0 Å². The number of hydrogen-bond donors (Lipinski definition) is 2. The van der Waals surface area contributed by atoms with Gasteiger partial charge in [0.25, 0.3) is 0 Å². The Balaban J connectivity index is 2.27. The van der Waals surface area contributed by atoms with Gasteiger partial charge in [0, 0.05) is 21.6 Å². The molecule has 0 fully saturated rings. The van der Waals surface area contributed by atoms with E-state index >= 15 is 0 Å². The quantitative estimate of drug-likeness (QED) is 0.503. The Hall–Kier alpha value is -1.29. The highest BCUT2D eigenvalue weighted by molar-refractivity contribution is 9.10. The van der Waals surface area contributed by atoms with E-state index in [1.807, 2.05) is 19.2 Å². The maximum atomic E-state index is 8.59. The average Bonchev–Trinajstić information content (AvgIpc) is 2.68. The SMILES string of the molecule is C/C(CCc1c[nH]c2ccc(Br)cc12)=N\O. The Morgan fingerprint density at radius 1 is 1.50 bits per heavy atom. The van der Waals surface area contributed by atoms with Crippen molar-refractivity contribution in [3.8, 4) is 0 Å². The van der Waals surface area contributed by atoms with Gasteiger partial charge >= 0.3 is 0 Å². The molecule has 4 heteroatoms. The van der Waals surface area contributed by atoms with E-state index < -0.39 is 0 Å². The van der Waals surface area contributed by atoms with E-state index in [-0.39, 0.29) is 0 Å². The van der Waals surface area contributed by atoms with Crippen molar-refractivity contribution in [1.82, 2.24) is 4.98 Å². The Morgan fingerprint density at radius 3 is 3.06 bits per heavy atom. The van der Waals surface area contributed by atoms with Crippen molar-refractivity contribution in [3.63, 3.8) is 0 Å². The van der Waals surface area contributed by atoms with Crippen molar-refractivity contribution in [2.24, 2.45) is 5.16 Å². The summed E-state index contributed by atoms with van der Waals surface area (Å²) in [5.74, 6) is 0. The summed E-state index contributed by atoms with van der Waals surface area (Å²) in [4.78, 5) is 3.23. The second-order valence-corrected chi connectivity index (χ2v) is 4.75. The van der Waals surface area contributed by atoms with Crippen LogP contribution < -0.4 is 0 Å². The van der Waals surface area contributed by atoms with Gasteiger partial charge in [-0.15, -0.1) is 0 Å². The molecule has 0 saturated heterocycles. The number of benzene rings is 1. The second-order valence-electron chi connectivity index (χ2n) is 3.84. The molecule has 2 rings (SSSR count). The molecule has 0 aliphatic carbocycles. The molecule has 0 unspecified atom stereocenters. The van der Waals surface area contributed by atoms with Crippen LogP contribution in [0.3, 0.4) is 0 Å². The molecule has 84 valence electrons. The lowest BCUT2D eigenvalue weighted by atomic mass is 10.1. The van der Waals surface area contributed by atoms with Gasteiger partial charge in [-0.05, 0) is 43.5 Å². The molecule has 0 aliphatic heterocycles. The molecule has 0 aliphatic rings. The van der Waals surface area contributed by atoms with Crippen LogP contribution in [0.25, 0.3) is 10.9 Å². The van der Waals surface area contributed by atoms with Crippen LogP contribution in [-0.2, 0) is 6.42 Å². The molecule has 0 spiro atoms. The molecule has 0 saturated carbocycles. The second kappa shape index (κ2) is 4.70. The molecule has 0 atom stereocenters. The summed E-state index contributed by atoms with van der Waals surface area (Å²) in [5, 5.41) is 13.0. The molecule has 0 bridgehead atoms. The van der Waals surface area contributed by atoms with Crippen LogP contribution in [0.1, 0.15) is 18.9 Å². The van der Waals surface area contributed by atoms with E-state index in [2.05, 4.69) is 38.2 Å². The van der Waals surface area contributed by atoms with Crippen LogP contribution in [0.2, 0.25) is 0 Å². The number of fused-ring (bicyclic) bond motifs is 1. The van der Waals surface area contributed by atoms with E-state index in [1.165, 1.54) is 10.9 Å². The minimum atomic E-state index is 0.754. The smallest absolute Gasteiger partial charge is 0.0543 e. The van der Waals surface area contributed by atoms with Crippen LogP contribution in [0, 0.1) is 0 Å². The molecule has 1 aromatic carbocycles. The first-order valence-corrected chi connectivity index (χ1v) is 5.93. The van der Waals surface area contributed by atoms with E-state index in [0.717, 1.165) is 28.5 Å². The van der Waals surface area contributed by atoms with Gasteiger partial charge in [0.2, 0.25) is 0 Å². The van der Waals surface area contributed by atoms with Gasteiger partial charge in [-0.2, -0.15) is 0 Å². The van der Waals surface area contributed by atoms with Crippen molar-refractivity contribution in [2.45, 2.75) is 19.8 Å². The molecule has 1 heterocycles. The Morgan fingerprint density at radius 2 is 2.31 bits per heavy atom. The minimum Gasteiger partial charge on any atom is -0.411 e. The van der Waals surface area contributed by atoms with Crippen LogP contribution in [0.5, 0.6) is 0 Å². The zero-order valence-corrected chi connectivity index (χ0v) is 10.6. The number of aromatic nitrogens is 1. The number of oxime groups is 1. The average molecular weight is 281 g/mol. The van der Waals surface area contributed by atoms with Gasteiger partial charge in [-0.1, -0.05) is 21.1 Å². The number of nitrogens with one attached hydrogen (secondary N) is 1. The van der Waals surface area contributed by atoms with E-state index in [4.69, 9.17) is 5.21 Å². The fourth-order valence-electron chi connectivity index (χ4n) is 1.72. The highest BCUT2D eigenvalue weighted by atomic mass is 79.9. The summed E-state index contributed by atoms with van der Waals surface area (Å²) in [6.45, 7) is 1.82. The number of rotatable bonds is 3. The first kappa shape index (κ1) is 11.2. The first-order chi connectivity index (χ1) is 7.70. The zero-order valence-electron chi connectivity index (χ0n) is 9.00. The fourth-order valence-corrected chi connectivity index (χ4v) is 2.08. The van der Waals surface area contributed by atoms with Gasteiger partial charge in [0.15, 0.2) is 0 Å². The van der Waals surface area contributed by atoms with Crippen LogP contribution in [0.15, 0.2) is 34.0 Å². The fraction of sp³-hybridized carbons (Fsp3) is 0.250. The molecular weight excluding hydrogens is 268 g/mol. The molecule has 2 N–H and O–H groups in total. The predicted molar refractivity (Wildman–Crippen MR) is 69.2 cm³/mol. The Bertz CT molecular complexity index is 531. The van der Waals surface area contributed by atoms with E-state index in [9.17, 15) is 0 Å². The lowest BCUT2D eigenvalue weighted by Crippen LogP contribution is -1.94. The van der Waals surface area contributed by atoms with Gasteiger partial charge in [-0.3, -0.25) is 0 Å². The summed E-state index contributed by atoms with van der Waals surface area (Å²) in [6.07, 6.45) is 3.67. The lowest BCUT2D eigenvalue weighted by molar-refractivity contribution is 0.317. The normalized spacial score (nSPS) is 12.2. The largest absolute Gasteiger partial charge is 0.411 e. The van der Waals surface area contributed by atoms with Crippen molar-refractivity contribution in [3.05, 3.63) is 34.4 Å². The van der Waals surface area contributed by atoms with Crippen LogP contribution in [0.4, 0.5) is 0 Å². The first-order valence-electron chi connectivity index (χ1n) is 5.14. The third kappa shape index (κ3) is 2.27. The number of hydrogen-bond acceptors (Lipinski definition) is 2. The van der Waals surface area contributed by atoms with Gasteiger partial charge in [-0.25, -0.2) is 0 Å². The molecule has 16 heavy (non-hydrogen) atoms. The number of halogens is 1. The van der Waals surface area contributed by atoms with Crippen molar-refractivity contribution in [2.75, 3.05) is 0 Å². The summed E-state index contributed by atoms with van der Waals surface area (Å²) in [5.41, 5.74) is 3.14. The summed E-state index contributed by atoms with van der Waals surface area (Å²) >= 11 is 3.47. The topological polar surface area (TPSA) is 48.4 Å². The van der Waals surface area contributed by atoms with Crippen molar-refractivity contribution in [1.29, 1.82) is 0 Å². The Labute approximate surface area is 102 Å². The number of H-pyrrole nitrogens is 1. The van der Waals surface area contributed by atoms with Crippen LogP contribution in [-0.4, -0.2) is 15.9 Å². The standard InChI is InChI=1S/C12H13BrN2O/c1-8(15-16)2-3-9-7-14-12-5-4-10(13)6-11(9)12/h4-7,14,16H,2-3H2,1H3/b15-8+. The molecule has 0 amide bonds. The molecule has 2 aromatic rings. The molecule has 0 radical (unpaired) electrons. The lowest BCUT2D eigenvalue weighted by Gasteiger charge is -1.99. The molecular formula is C12H13BrN2O. The van der Waals surface area contributed by atoms with Crippen molar-refractivity contribution >= 4 is 32.5 Å². The monoisotopic (exact) mass is 280 g/mol. The van der Waals surface area contributed by atoms with E-state index in [1.54, 1.807) is 0 Å². The number of aryl methyl sites for hydroxylation is 1. The summed E-state index contributed by atoms with van der Waals surface area (Å²) in [6, 6.07) is 6.17. The summed E-state index contributed by atoms with van der Waals surface area (Å²) in [7, 11) is 0. The van der Waals surface area contributed by atoms with Crippen molar-refractivity contribution < 1.29 is 5.21 Å². The third-order valence-electron chi connectivity index (χ3n) is 2.66.